The highest BCUT2D eigenvalue weighted by Gasteiger charge is 2.55. The summed E-state index contributed by atoms with van der Waals surface area (Å²) in [6, 6.07) is 7.29. The van der Waals surface area contributed by atoms with Gasteiger partial charge in [0, 0.05) is 11.0 Å². The first-order valence-corrected chi connectivity index (χ1v) is 10.4. The third kappa shape index (κ3) is 3.06. The van der Waals surface area contributed by atoms with Crippen LogP contribution in [-0.2, 0) is 4.79 Å². The average Bonchev–Trinajstić information content (AvgIpc) is 3.49. The van der Waals surface area contributed by atoms with Gasteiger partial charge in [-0.25, -0.2) is 5.48 Å². The van der Waals surface area contributed by atoms with E-state index in [0.717, 1.165) is 55.4 Å². The largest absolute Gasteiger partial charge is 0.349 e. The summed E-state index contributed by atoms with van der Waals surface area (Å²) < 4.78 is 0. The molecule has 5 saturated carbocycles. The van der Waals surface area contributed by atoms with Crippen molar-refractivity contribution in [3.8, 4) is 0 Å². The van der Waals surface area contributed by atoms with Gasteiger partial charge >= 0.3 is 0 Å². The van der Waals surface area contributed by atoms with E-state index in [4.69, 9.17) is 5.21 Å². The van der Waals surface area contributed by atoms with E-state index in [2.05, 4.69) is 5.32 Å². The molecular weight excluding hydrogens is 340 g/mol. The van der Waals surface area contributed by atoms with Gasteiger partial charge < -0.3 is 5.32 Å². The molecule has 0 spiro atoms. The molecule has 6 rings (SSSR count). The summed E-state index contributed by atoms with van der Waals surface area (Å²) in [7, 11) is 0. The van der Waals surface area contributed by atoms with Gasteiger partial charge in [-0.05, 0) is 92.7 Å². The number of carbonyl (C=O) groups is 2. The third-order valence-corrected chi connectivity index (χ3v) is 7.53. The Morgan fingerprint density at radius 1 is 0.963 bits per heavy atom. The fraction of sp³-hybridized carbons (Fsp3) is 0.636. The van der Waals surface area contributed by atoms with E-state index in [1.54, 1.807) is 17.6 Å². The van der Waals surface area contributed by atoms with Gasteiger partial charge in [-0.1, -0.05) is 12.1 Å². The number of carbonyl (C=O) groups excluding carboxylic acids is 2. The first-order valence-electron chi connectivity index (χ1n) is 10.4. The SMILES string of the molecule is O=C(NO)c1ccc([C@@H](NC(=O)C23CC4CC(CC(C4)C2)C3)C2CC2)cc1. The van der Waals surface area contributed by atoms with E-state index in [1.807, 2.05) is 12.1 Å². The Morgan fingerprint density at radius 2 is 1.52 bits per heavy atom. The molecule has 5 aliphatic carbocycles. The molecule has 5 aliphatic rings. The fourth-order valence-electron chi connectivity index (χ4n) is 6.49. The molecule has 0 saturated heterocycles. The lowest BCUT2D eigenvalue weighted by Gasteiger charge is -2.55. The Bertz CT molecular complexity index is 718. The molecule has 0 aromatic heterocycles. The molecule has 5 heteroatoms. The molecule has 3 N–H and O–H groups in total. The lowest BCUT2D eigenvalue weighted by atomic mass is 9.49. The summed E-state index contributed by atoms with van der Waals surface area (Å²) in [5.74, 6) is 2.55. The minimum atomic E-state index is -0.512. The minimum absolute atomic E-state index is 0.0387. The van der Waals surface area contributed by atoms with Crippen molar-refractivity contribution in [2.75, 3.05) is 0 Å². The van der Waals surface area contributed by atoms with Crippen LogP contribution >= 0.6 is 0 Å². The minimum Gasteiger partial charge on any atom is -0.349 e. The molecular formula is C22H28N2O3. The van der Waals surface area contributed by atoms with Gasteiger partial charge in [0.15, 0.2) is 0 Å². The Labute approximate surface area is 159 Å². The molecule has 144 valence electrons. The van der Waals surface area contributed by atoms with Crippen LogP contribution in [-0.4, -0.2) is 17.0 Å². The predicted molar refractivity (Wildman–Crippen MR) is 99.9 cm³/mol. The molecule has 5 fully saturated rings. The normalized spacial score (nSPS) is 34.9. The molecule has 27 heavy (non-hydrogen) atoms. The molecule has 2 amide bonds. The van der Waals surface area contributed by atoms with Gasteiger partial charge in [0.2, 0.25) is 5.91 Å². The maximum Gasteiger partial charge on any atom is 0.274 e. The van der Waals surface area contributed by atoms with Crippen molar-refractivity contribution in [3.63, 3.8) is 0 Å². The number of hydrogen-bond donors (Lipinski definition) is 3. The summed E-state index contributed by atoms with van der Waals surface area (Å²) in [5.41, 5.74) is 3.02. The quantitative estimate of drug-likeness (QED) is 0.549. The highest BCUT2D eigenvalue weighted by Crippen LogP contribution is 2.60. The maximum atomic E-state index is 13.4. The van der Waals surface area contributed by atoms with Gasteiger partial charge in [-0.3, -0.25) is 14.8 Å². The van der Waals surface area contributed by atoms with Crippen molar-refractivity contribution >= 4 is 11.8 Å². The van der Waals surface area contributed by atoms with Crippen LogP contribution in [0.1, 0.15) is 73.3 Å². The second-order valence-electron chi connectivity index (χ2n) is 9.55. The summed E-state index contributed by atoms with van der Waals surface area (Å²) >= 11 is 0. The summed E-state index contributed by atoms with van der Waals surface area (Å²) in [6.45, 7) is 0. The number of hydrogen-bond acceptors (Lipinski definition) is 3. The van der Waals surface area contributed by atoms with Gasteiger partial charge in [0.05, 0.1) is 6.04 Å². The number of rotatable bonds is 5. The van der Waals surface area contributed by atoms with Crippen LogP contribution in [0.25, 0.3) is 0 Å². The Hall–Kier alpha value is -1.88. The summed E-state index contributed by atoms with van der Waals surface area (Å²) in [5, 5.41) is 12.2. The van der Waals surface area contributed by atoms with Crippen LogP contribution < -0.4 is 10.8 Å². The zero-order valence-electron chi connectivity index (χ0n) is 15.6. The van der Waals surface area contributed by atoms with E-state index in [0.29, 0.717) is 11.5 Å². The summed E-state index contributed by atoms with van der Waals surface area (Å²) in [6.07, 6.45) is 9.55. The number of amides is 2. The van der Waals surface area contributed by atoms with Gasteiger partial charge in [-0.15, -0.1) is 0 Å². The topological polar surface area (TPSA) is 78.4 Å². The van der Waals surface area contributed by atoms with Crippen molar-refractivity contribution in [2.45, 2.75) is 57.4 Å². The van der Waals surface area contributed by atoms with E-state index < -0.39 is 5.91 Å². The van der Waals surface area contributed by atoms with E-state index >= 15 is 0 Å². The van der Waals surface area contributed by atoms with Crippen molar-refractivity contribution in [1.29, 1.82) is 0 Å². The first-order chi connectivity index (χ1) is 13.1. The molecule has 0 aliphatic heterocycles. The molecule has 1 aromatic rings. The lowest BCUT2D eigenvalue weighted by Crippen LogP contribution is -2.54. The average molecular weight is 368 g/mol. The third-order valence-electron chi connectivity index (χ3n) is 7.53. The predicted octanol–water partition coefficient (Wildman–Crippen LogP) is 3.59. The van der Waals surface area contributed by atoms with Gasteiger partial charge in [-0.2, -0.15) is 0 Å². The standard InChI is InChI=1S/C22H28N2O3/c25-20(24-27)18-5-3-17(4-6-18)19(16-1-2-16)23-21(26)22-10-13-7-14(11-22)9-15(8-13)12-22/h3-6,13-16,19,27H,1-2,7-12H2,(H,23,26)(H,24,25)/t13?,14?,15?,19-,22?/m0/s1. The number of hydroxylamine groups is 1. The smallest absolute Gasteiger partial charge is 0.274 e. The fourth-order valence-corrected chi connectivity index (χ4v) is 6.49. The van der Waals surface area contributed by atoms with Gasteiger partial charge in [0.1, 0.15) is 0 Å². The number of nitrogens with one attached hydrogen (secondary N) is 2. The van der Waals surface area contributed by atoms with Crippen molar-refractivity contribution in [3.05, 3.63) is 35.4 Å². The molecule has 0 radical (unpaired) electrons. The zero-order chi connectivity index (χ0) is 18.6. The molecule has 0 heterocycles. The van der Waals surface area contributed by atoms with E-state index in [1.165, 1.54) is 19.3 Å². The molecule has 0 unspecified atom stereocenters. The van der Waals surface area contributed by atoms with E-state index in [-0.39, 0.29) is 17.4 Å². The Morgan fingerprint density at radius 3 is 2.00 bits per heavy atom. The van der Waals surface area contributed by atoms with Crippen LogP contribution in [0.5, 0.6) is 0 Å². The molecule has 1 atom stereocenters. The van der Waals surface area contributed by atoms with Crippen molar-refractivity contribution < 1.29 is 14.8 Å². The Balaban J connectivity index is 1.34. The van der Waals surface area contributed by atoms with Gasteiger partial charge in [0.25, 0.3) is 5.91 Å². The molecule has 5 nitrogen and oxygen atoms in total. The highest BCUT2D eigenvalue weighted by molar-refractivity contribution is 5.93. The van der Waals surface area contributed by atoms with E-state index in [9.17, 15) is 9.59 Å². The summed E-state index contributed by atoms with van der Waals surface area (Å²) in [4.78, 5) is 25.0. The second kappa shape index (κ2) is 6.33. The second-order valence-corrected chi connectivity index (χ2v) is 9.55. The zero-order valence-corrected chi connectivity index (χ0v) is 15.6. The highest BCUT2D eigenvalue weighted by atomic mass is 16.5. The monoisotopic (exact) mass is 368 g/mol. The molecule has 4 bridgehead atoms. The number of benzene rings is 1. The molecule has 1 aromatic carbocycles. The van der Waals surface area contributed by atoms with Crippen LogP contribution in [0.4, 0.5) is 0 Å². The lowest BCUT2D eigenvalue weighted by molar-refractivity contribution is -0.147. The Kier molecular flexibility index (Phi) is 4.04. The van der Waals surface area contributed by atoms with Crippen LogP contribution in [0.2, 0.25) is 0 Å². The maximum absolute atomic E-state index is 13.4. The van der Waals surface area contributed by atoms with Crippen LogP contribution in [0.3, 0.4) is 0 Å². The van der Waals surface area contributed by atoms with Crippen LogP contribution in [0, 0.1) is 29.1 Å². The van der Waals surface area contributed by atoms with Crippen molar-refractivity contribution in [1.82, 2.24) is 10.8 Å². The van der Waals surface area contributed by atoms with Crippen LogP contribution in [0.15, 0.2) is 24.3 Å². The first kappa shape index (κ1) is 17.2. The van der Waals surface area contributed by atoms with Crippen molar-refractivity contribution in [2.24, 2.45) is 29.1 Å².